The molecule has 2 heterocycles. The fraction of sp³-hybridized carbons (Fsp3) is 0.409. The Labute approximate surface area is 174 Å². The van der Waals surface area contributed by atoms with Crippen molar-refractivity contribution in [3.8, 4) is 0 Å². The zero-order valence-corrected chi connectivity index (χ0v) is 17.2. The first-order valence-electron chi connectivity index (χ1n) is 9.84. The lowest BCUT2D eigenvalue weighted by atomic mass is 9.96. The molecule has 0 aliphatic carbocycles. The lowest BCUT2D eigenvalue weighted by Gasteiger charge is -2.40. The number of piperazine rings is 1. The van der Waals surface area contributed by atoms with Gasteiger partial charge in [-0.1, -0.05) is 24.3 Å². The third-order valence-corrected chi connectivity index (χ3v) is 6.89. The van der Waals surface area contributed by atoms with Crippen LogP contribution in [0, 0.1) is 11.6 Å². The Hall–Kier alpha value is -1.96. The predicted molar refractivity (Wildman–Crippen MR) is 112 cm³/mol. The van der Waals surface area contributed by atoms with Gasteiger partial charge < -0.3 is 4.90 Å². The van der Waals surface area contributed by atoms with Gasteiger partial charge in [-0.2, -0.15) is 0 Å². The molecule has 154 valence electrons. The van der Waals surface area contributed by atoms with Crippen molar-refractivity contribution in [3.05, 3.63) is 71.3 Å². The Balaban J connectivity index is 1.51. The smallest absolute Gasteiger partial charge is 0.240 e. The van der Waals surface area contributed by atoms with Crippen molar-refractivity contribution in [2.45, 2.75) is 12.1 Å². The van der Waals surface area contributed by atoms with Crippen LogP contribution in [0.4, 0.5) is 8.78 Å². The number of hydrogen-bond acceptors (Lipinski definition) is 4. The summed E-state index contributed by atoms with van der Waals surface area (Å²) >= 11 is 1.79. The van der Waals surface area contributed by atoms with Gasteiger partial charge in [0.15, 0.2) is 0 Å². The molecule has 4 nitrogen and oxygen atoms in total. The maximum Gasteiger partial charge on any atom is 0.240 e. The Morgan fingerprint density at radius 2 is 1.45 bits per heavy atom. The van der Waals surface area contributed by atoms with Crippen molar-refractivity contribution in [2.24, 2.45) is 0 Å². The number of carbonyl (C=O) groups is 1. The monoisotopic (exact) mass is 417 g/mol. The van der Waals surface area contributed by atoms with Crippen molar-refractivity contribution in [1.82, 2.24) is 14.7 Å². The van der Waals surface area contributed by atoms with Crippen molar-refractivity contribution in [1.29, 1.82) is 0 Å². The molecule has 2 saturated heterocycles. The van der Waals surface area contributed by atoms with Crippen LogP contribution in [0.15, 0.2) is 48.5 Å². The van der Waals surface area contributed by atoms with Crippen LogP contribution in [0.25, 0.3) is 0 Å². The van der Waals surface area contributed by atoms with E-state index < -0.39 is 0 Å². The first-order valence-corrected chi connectivity index (χ1v) is 11.0. The second-order valence-corrected chi connectivity index (χ2v) is 8.64. The van der Waals surface area contributed by atoms with Gasteiger partial charge in [0.05, 0.1) is 12.1 Å². The molecule has 0 bridgehead atoms. The van der Waals surface area contributed by atoms with Gasteiger partial charge in [0.25, 0.3) is 0 Å². The van der Waals surface area contributed by atoms with E-state index in [9.17, 15) is 13.6 Å². The lowest BCUT2D eigenvalue weighted by molar-refractivity contribution is -0.137. The van der Waals surface area contributed by atoms with Crippen LogP contribution in [0.5, 0.6) is 0 Å². The molecule has 29 heavy (non-hydrogen) atoms. The van der Waals surface area contributed by atoms with Crippen LogP contribution in [0.1, 0.15) is 17.2 Å². The van der Waals surface area contributed by atoms with Gasteiger partial charge in [0.2, 0.25) is 5.91 Å². The highest BCUT2D eigenvalue weighted by atomic mass is 32.2. The molecule has 1 amide bonds. The Kier molecular flexibility index (Phi) is 6.18. The summed E-state index contributed by atoms with van der Waals surface area (Å²) in [6, 6.07) is 12.8. The highest BCUT2D eigenvalue weighted by Crippen LogP contribution is 2.30. The maximum absolute atomic E-state index is 13.5. The predicted octanol–water partition coefficient (Wildman–Crippen LogP) is 3.20. The minimum atomic E-state index is -0.277. The van der Waals surface area contributed by atoms with Crippen LogP contribution in [0.2, 0.25) is 0 Å². The van der Waals surface area contributed by atoms with E-state index in [4.69, 9.17) is 0 Å². The molecule has 7 heteroatoms. The molecule has 0 saturated carbocycles. The SMILES string of the molecule is CN1CSC[C@@H]1C(=O)N1CCN(C(c2ccc(F)cc2)c2ccc(F)cc2)CC1. The van der Waals surface area contributed by atoms with Gasteiger partial charge in [-0.25, -0.2) is 8.78 Å². The second kappa shape index (κ2) is 8.81. The average molecular weight is 418 g/mol. The van der Waals surface area contributed by atoms with Crippen LogP contribution >= 0.6 is 11.8 Å². The fourth-order valence-corrected chi connectivity index (χ4v) is 5.29. The quantitative estimate of drug-likeness (QED) is 0.764. The topological polar surface area (TPSA) is 26.8 Å². The highest BCUT2D eigenvalue weighted by Gasteiger charge is 2.34. The number of likely N-dealkylation sites (N-methyl/N-ethyl adjacent to an activating group) is 1. The van der Waals surface area contributed by atoms with E-state index in [0.717, 1.165) is 35.8 Å². The average Bonchev–Trinajstić information content (AvgIpc) is 3.17. The minimum absolute atomic E-state index is 0.0310. The number of carbonyl (C=O) groups excluding carboxylic acids is 1. The molecule has 2 aromatic rings. The third kappa shape index (κ3) is 4.47. The van der Waals surface area contributed by atoms with Gasteiger partial charge in [-0.15, -0.1) is 11.8 Å². The normalized spacial score (nSPS) is 21.1. The fourth-order valence-electron chi connectivity index (χ4n) is 4.10. The Bertz CT molecular complexity index is 793. The van der Waals surface area contributed by atoms with E-state index in [2.05, 4.69) is 9.80 Å². The first-order chi connectivity index (χ1) is 14.0. The van der Waals surface area contributed by atoms with Crippen molar-refractivity contribution < 1.29 is 13.6 Å². The van der Waals surface area contributed by atoms with Gasteiger partial charge in [0, 0.05) is 37.8 Å². The molecular weight excluding hydrogens is 392 g/mol. The van der Waals surface area contributed by atoms with Crippen LogP contribution < -0.4 is 0 Å². The summed E-state index contributed by atoms with van der Waals surface area (Å²) in [5.74, 6) is 1.40. The molecule has 2 aliphatic heterocycles. The highest BCUT2D eigenvalue weighted by molar-refractivity contribution is 7.99. The largest absolute Gasteiger partial charge is 0.339 e. The molecule has 4 rings (SSSR count). The van der Waals surface area contributed by atoms with E-state index in [0.29, 0.717) is 13.1 Å². The van der Waals surface area contributed by atoms with Gasteiger partial charge in [-0.05, 0) is 42.4 Å². The zero-order chi connectivity index (χ0) is 20.4. The van der Waals surface area contributed by atoms with Crippen LogP contribution in [-0.2, 0) is 4.79 Å². The molecular formula is C22H25F2N3OS. The van der Waals surface area contributed by atoms with E-state index in [1.54, 1.807) is 36.0 Å². The molecule has 1 atom stereocenters. The number of rotatable bonds is 4. The van der Waals surface area contributed by atoms with Gasteiger partial charge >= 0.3 is 0 Å². The summed E-state index contributed by atoms with van der Waals surface area (Å²) in [6.07, 6.45) is 0. The number of amides is 1. The van der Waals surface area contributed by atoms with Crippen molar-refractivity contribution in [2.75, 3.05) is 44.9 Å². The van der Waals surface area contributed by atoms with Crippen molar-refractivity contribution >= 4 is 17.7 Å². The summed E-state index contributed by atoms with van der Waals surface area (Å²) < 4.78 is 26.9. The number of halogens is 2. The van der Waals surface area contributed by atoms with Gasteiger partial charge in [-0.3, -0.25) is 14.6 Å². The summed E-state index contributed by atoms with van der Waals surface area (Å²) in [5.41, 5.74) is 1.93. The van der Waals surface area contributed by atoms with E-state index in [1.165, 1.54) is 24.3 Å². The number of thioether (sulfide) groups is 1. The van der Waals surface area contributed by atoms with E-state index in [1.807, 2.05) is 11.9 Å². The summed E-state index contributed by atoms with van der Waals surface area (Å²) in [5, 5.41) is 0. The molecule has 2 aromatic carbocycles. The molecule has 2 aliphatic rings. The zero-order valence-electron chi connectivity index (χ0n) is 16.4. The molecule has 0 aromatic heterocycles. The molecule has 0 N–H and O–H groups in total. The maximum atomic E-state index is 13.5. The minimum Gasteiger partial charge on any atom is -0.339 e. The summed E-state index contributed by atoms with van der Waals surface area (Å²) in [6.45, 7) is 2.75. The van der Waals surface area contributed by atoms with Crippen LogP contribution in [0.3, 0.4) is 0 Å². The molecule has 0 spiro atoms. The van der Waals surface area contributed by atoms with Crippen molar-refractivity contribution in [3.63, 3.8) is 0 Å². The number of nitrogens with zero attached hydrogens (tertiary/aromatic N) is 3. The standard InChI is InChI=1S/C22H25F2N3OS/c1-25-15-29-14-20(25)22(28)27-12-10-26(11-13-27)21(16-2-6-18(23)7-3-16)17-4-8-19(24)9-5-17/h2-9,20-21H,10-15H2,1H3/t20-/m1/s1. The number of hydrogen-bond donors (Lipinski definition) is 0. The van der Waals surface area contributed by atoms with E-state index >= 15 is 0 Å². The molecule has 0 radical (unpaired) electrons. The second-order valence-electron chi connectivity index (χ2n) is 7.64. The third-order valence-electron chi connectivity index (χ3n) is 5.75. The lowest BCUT2D eigenvalue weighted by Crippen LogP contribution is -2.54. The molecule has 0 unspecified atom stereocenters. The summed E-state index contributed by atoms with van der Waals surface area (Å²) in [7, 11) is 2.00. The van der Waals surface area contributed by atoms with E-state index in [-0.39, 0.29) is 29.6 Å². The number of benzene rings is 2. The molecule has 2 fully saturated rings. The first kappa shape index (κ1) is 20.3. The van der Waals surface area contributed by atoms with Gasteiger partial charge in [0.1, 0.15) is 11.6 Å². The Morgan fingerprint density at radius 3 is 1.90 bits per heavy atom. The Morgan fingerprint density at radius 1 is 0.931 bits per heavy atom. The summed E-state index contributed by atoms with van der Waals surface area (Å²) in [4.78, 5) is 19.2. The van der Waals surface area contributed by atoms with Crippen LogP contribution in [-0.4, -0.2) is 71.5 Å².